The minimum Gasteiger partial charge on any atom is -0.385 e. The Balaban J connectivity index is 1.88. The lowest BCUT2D eigenvalue weighted by atomic mass is 10.4. The molecule has 0 aliphatic carbocycles. The summed E-state index contributed by atoms with van der Waals surface area (Å²) in [5.41, 5.74) is 0. The number of hydrogen-bond donors (Lipinski definition) is 1. The van der Waals surface area contributed by atoms with Crippen LogP contribution in [0.15, 0.2) is 0 Å². The highest BCUT2D eigenvalue weighted by atomic mass is 16.9. The molecule has 2 saturated heterocycles. The molecule has 0 saturated carbocycles. The van der Waals surface area contributed by atoms with Crippen LogP contribution in [-0.2, 0) is 23.7 Å². The minimum absolute atomic E-state index is 0.146. The molecule has 0 radical (unpaired) electrons. The van der Waals surface area contributed by atoms with E-state index in [9.17, 15) is 5.11 Å². The van der Waals surface area contributed by atoms with Crippen molar-refractivity contribution in [1.82, 2.24) is 0 Å². The summed E-state index contributed by atoms with van der Waals surface area (Å²) >= 11 is 0. The number of aliphatic hydroxyl groups excluding tert-OH is 1. The molecule has 0 amide bonds. The summed E-state index contributed by atoms with van der Waals surface area (Å²) < 4.78 is 26.3. The average Bonchev–Trinajstić information content (AvgIpc) is 2.57. The monoisotopic (exact) mass is 220 g/mol. The first-order chi connectivity index (χ1) is 7.02. The van der Waals surface area contributed by atoms with E-state index in [-0.39, 0.29) is 6.61 Å². The molecule has 88 valence electrons. The third-order valence-electron chi connectivity index (χ3n) is 2.21. The van der Waals surface area contributed by atoms with Crippen molar-refractivity contribution < 1.29 is 28.8 Å². The molecule has 0 aromatic rings. The lowest BCUT2D eigenvalue weighted by Crippen LogP contribution is -2.34. The van der Waals surface area contributed by atoms with Crippen molar-refractivity contribution in [3.8, 4) is 0 Å². The molecule has 1 N–H and O–H groups in total. The van der Waals surface area contributed by atoms with Crippen LogP contribution in [-0.4, -0.2) is 49.6 Å². The number of methoxy groups -OCH3 is 1. The fourth-order valence-corrected chi connectivity index (χ4v) is 1.61. The predicted octanol–water partition coefficient (Wildman–Crippen LogP) is -0.198. The Morgan fingerprint density at radius 2 is 1.80 bits per heavy atom. The number of aliphatic hydroxyl groups is 1. The zero-order valence-electron chi connectivity index (χ0n) is 9.00. The maximum atomic E-state index is 9.55. The van der Waals surface area contributed by atoms with Crippen LogP contribution in [0.1, 0.15) is 13.8 Å². The lowest BCUT2D eigenvalue weighted by molar-refractivity contribution is -0.272. The molecule has 6 heteroatoms. The molecule has 0 bridgehead atoms. The van der Waals surface area contributed by atoms with Crippen molar-refractivity contribution in [2.24, 2.45) is 0 Å². The Labute approximate surface area is 88.0 Å². The highest BCUT2D eigenvalue weighted by molar-refractivity contribution is 4.77. The second-order valence-electron chi connectivity index (χ2n) is 4.04. The number of hydrogen-bond acceptors (Lipinski definition) is 6. The normalized spacial score (nSPS) is 40.4. The van der Waals surface area contributed by atoms with Crippen LogP contribution in [0, 0.1) is 0 Å². The van der Waals surface area contributed by atoms with Gasteiger partial charge in [-0.1, -0.05) is 0 Å². The molecular formula is C9H16O6. The third kappa shape index (κ3) is 2.30. The van der Waals surface area contributed by atoms with Crippen molar-refractivity contribution in [2.45, 2.75) is 44.6 Å². The summed E-state index contributed by atoms with van der Waals surface area (Å²) in [6.45, 7) is 3.70. The van der Waals surface area contributed by atoms with Crippen LogP contribution in [0.4, 0.5) is 0 Å². The van der Waals surface area contributed by atoms with E-state index in [1.54, 1.807) is 13.8 Å². The van der Waals surface area contributed by atoms with E-state index in [0.29, 0.717) is 0 Å². The van der Waals surface area contributed by atoms with Crippen molar-refractivity contribution in [2.75, 3.05) is 13.7 Å². The Morgan fingerprint density at radius 1 is 1.27 bits per heavy atom. The summed E-state index contributed by atoms with van der Waals surface area (Å²) in [5, 5.41) is 9.55. The molecule has 2 aliphatic rings. The number of fused-ring (bicyclic) bond motifs is 1. The molecule has 2 heterocycles. The van der Waals surface area contributed by atoms with Gasteiger partial charge in [0.1, 0.15) is 6.10 Å². The molecule has 4 atom stereocenters. The van der Waals surface area contributed by atoms with E-state index in [4.69, 9.17) is 23.7 Å². The van der Waals surface area contributed by atoms with Crippen LogP contribution in [0.5, 0.6) is 0 Å². The van der Waals surface area contributed by atoms with Crippen molar-refractivity contribution in [3.05, 3.63) is 0 Å². The maximum Gasteiger partial charge on any atom is 0.214 e. The second kappa shape index (κ2) is 3.97. The van der Waals surface area contributed by atoms with Gasteiger partial charge in [-0.2, -0.15) is 0 Å². The van der Waals surface area contributed by atoms with Crippen LogP contribution in [0.3, 0.4) is 0 Å². The van der Waals surface area contributed by atoms with Gasteiger partial charge in [-0.25, -0.2) is 0 Å². The SMILES string of the molecule is COC[C@H](O)C1O[C@@H]2OC(C)(C)O[C@@H]2O1. The summed E-state index contributed by atoms with van der Waals surface area (Å²) in [4.78, 5) is 0. The Kier molecular flexibility index (Phi) is 2.98. The van der Waals surface area contributed by atoms with Crippen molar-refractivity contribution in [1.29, 1.82) is 0 Å². The summed E-state index contributed by atoms with van der Waals surface area (Å²) in [7, 11) is 1.50. The Morgan fingerprint density at radius 3 is 2.27 bits per heavy atom. The Bertz CT molecular complexity index is 215. The van der Waals surface area contributed by atoms with Crippen molar-refractivity contribution in [3.63, 3.8) is 0 Å². The molecule has 0 aromatic heterocycles. The molecule has 0 spiro atoms. The van der Waals surface area contributed by atoms with Crippen LogP contribution in [0.25, 0.3) is 0 Å². The van der Waals surface area contributed by atoms with Gasteiger partial charge in [0.15, 0.2) is 12.1 Å². The lowest BCUT2D eigenvalue weighted by Gasteiger charge is -2.22. The molecule has 0 aromatic carbocycles. The fraction of sp³-hybridized carbons (Fsp3) is 1.00. The highest BCUT2D eigenvalue weighted by Crippen LogP contribution is 2.35. The third-order valence-corrected chi connectivity index (χ3v) is 2.21. The molecule has 2 fully saturated rings. The van der Waals surface area contributed by atoms with Crippen LogP contribution >= 0.6 is 0 Å². The summed E-state index contributed by atoms with van der Waals surface area (Å²) in [6.07, 6.45) is -2.74. The number of rotatable bonds is 3. The highest BCUT2D eigenvalue weighted by Gasteiger charge is 2.51. The van der Waals surface area contributed by atoms with Gasteiger partial charge in [0.25, 0.3) is 0 Å². The molecule has 2 rings (SSSR count). The molecule has 1 unspecified atom stereocenters. The molecule has 2 aliphatic heterocycles. The first-order valence-corrected chi connectivity index (χ1v) is 4.85. The maximum absolute atomic E-state index is 9.55. The van der Waals surface area contributed by atoms with Crippen LogP contribution in [0.2, 0.25) is 0 Å². The van der Waals surface area contributed by atoms with Gasteiger partial charge in [0, 0.05) is 7.11 Å². The zero-order chi connectivity index (χ0) is 11.1. The fourth-order valence-electron chi connectivity index (χ4n) is 1.61. The quantitative estimate of drug-likeness (QED) is 0.710. The minimum atomic E-state index is -0.837. The van der Waals surface area contributed by atoms with Gasteiger partial charge in [0.2, 0.25) is 12.6 Å². The first kappa shape index (κ1) is 11.3. The van der Waals surface area contributed by atoms with E-state index >= 15 is 0 Å². The van der Waals surface area contributed by atoms with E-state index in [1.165, 1.54) is 7.11 Å². The zero-order valence-corrected chi connectivity index (χ0v) is 9.00. The van der Waals surface area contributed by atoms with Gasteiger partial charge >= 0.3 is 0 Å². The second-order valence-corrected chi connectivity index (χ2v) is 4.04. The topological polar surface area (TPSA) is 66.4 Å². The van der Waals surface area contributed by atoms with Gasteiger partial charge in [-0.05, 0) is 13.8 Å². The standard InChI is InChI=1S/C9H16O6/c1-9(2)14-7-8(15-9)13-6(12-7)5(10)4-11-3/h5-8,10H,4H2,1-3H3/t5-,6?,7-,8+/m0/s1. The van der Waals surface area contributed by atoms with Crippen molar-refractivity contribution >= 4 is 0 Å². The Hall–Kier alpha value is -0.240. The van der Waals surface area contributed by atoms with Gasteiger partial charge in [-0.3, -0.25) is 0 Å². The van der Waals surface area contributed by atoms with E-state index in [0.717, 1.165) is 0 Å². The van der Waals surface area contributed by atoms with Gasteiger partial charge in [-0.15, -0.1) is 0 Å². The first-order valence-electron chi connectivity index (χ1n) is 4.85. The van der Waals surface area contributed by atoms with Gasteiger partial charge in [0.05, 0.1) is 6.61 Å². The largest absolute Gasteiger partial charge is 0.385 e. The van der Waals surface area contributed by atoms with E-state index in [1.807, 2.05) is 0 Å². The van der Waals surface area contributed by atoms with Gasteiger partial charge < -0.3 is 28.8 Å². The molecule has 15 heavy (non-hydrogen) atoms. The van der Waals surface area contributed by atoms with E-state index < -0.39 is 30.8 Å². The van der Waals surface area contributed by atoms with Crippen LogP contribution < -0.4 is 0 Å². The average molecular weight is 220 g/mol. The predicted molar refractivity (Wildman–Crippen MR) is 47.7 cm³/mol. The number of ether oxygens (including phenoxy) is 5. The molecule has 6 nitrogen and oxygen atoms in total. The summed E-state index contributed by atoms with van der Waals surface area (Å²) in [5.74, 6) is -0.702. The van der Waals surface area contributed by atoms with E-state index in [2.05, 4.69) is 0 Å². The smallest absolute Gasteiger partial charge is 0.214 e. The molecular weight excluding hydrogens is 204 g/mol. The summed E-state index contributed by atoms with van der Waals surface area (Å²) in [6, 6.07) is 0.